The topological polar surface area (TPSA) is 53.6 Å². The van der Waals surface area contributed by atoms with Gasteiger partial charge in [-0.05, 0) is 36.4 Å². The molecule has 0 aliphatic carbocycles. The van der Waals surface area contributed by atoms with Crippen molar-refractivity contribution in [2.24, 2.45) is 0 Å². The SMILES string of the molecule is Fc1ccc2c(NCCc3nc4ccc(F)cc4[nH]3)ccnc2c1. The molecule has 0 spiro atoms. The number of nitrogens with one attached hydrogen (secondary N) is 2. The number of imidazole rings is 1. The van der Waals surface area contributed by atoms with Crippen LogP contribution in [0.2, 0.25) is 0 Å². The Morgan fingerprint density at radius 3 is 2.71 bits per heavy atom. The summed E-state index contributed by atoms with van der Waals surface area (Å²) in [6, 6.07) is 10.9. The van der Waals surface area contributed by atoms with Crippen LogP contribution in [0.4, 0.5) is 14.5 Å². The number of pyridine rings is 1. The summed E-state index contributed by atoms with van der Waals surface area (Å²) in [4.78, 5) is 11.7. The van der Waals surface area contributed by atoms with Crippen molar-refractivity contribution in [1.29, 1.82) is 0 Å². The molecule has 0 bridgehead atoms. The highest BCUT2D eigenvalue weighted by atomic mass is 19.1. The van der Waals surface area contributed by atoms with Crippen LogP contribution in [0, 0.1) is 11.6 Å². The molecule has 6 heteroatoms. The van der Waals surface area contributed by atoms with Crippen molar-refractivity contribution in [1.82, 2.24) is 15.0 Å². The van der Waals surface area contributed by atoms with Crippen LogP contribution in [-0.2, 0) is 6.42 Å². The predicted octanol–water partition coefficient (Wildman–Crippen LogP) is 4.04. The number of aromatic nitrogens is 3. The Balaban J connectivity index is 1.50. The number of benzene rings is 2. The van der Waals surface area contributed by atoms with Crippen LogP contribution in [0.3, 0.4) is 0 Å². The van der Waals surface area contributed by atoms with Gasteiger partial charge in [0, 0.05) is 36.3 Å². The number of rotatable bonds is 4. The molecule has 4 rings (SSSR count). The Labute approximate surface area is 136 Å². The average molecular weight is 324 g/mol. The molecule has 0 atom stereocenters. The molecule has 24 heavy (non-hydrogen) atoms. The van der Waals surface area contributed by atoms with Crippen molar-refractivity contribution >= 4 is 27.6 Å². The lowest BCUT2D eigenvalue weighted by molar-refractivity contribution is 0.629. The van der Waals surface area contributed by atoms with Crippen LogP contribution < -0.4 is 5.32 Å². The Morgan fingerprint density at radius 2 is 1.79 bits per heavy atom. The predicted molar refractivity (Wildman–Crippen MR) is 89.9 cm³/mol. The Morgan fingerprint density at radius 1 is 0.958 bits per heavy atom. The van der Waals surface area contributed by atoms with E-state index in [1.54, 1.807) is 18.3 Å². The second-order valence-corrected chi connectivity index (χ2v) is 5.54. The van der Waals surface area contributed by atoms with E-state index >= 15 is 0 Å². The van der Waals surface area contributed by atoms with E-state index < -0.39 is 0 Å². The van der Waals surface area contributed by atoms with Crippen molar-refractivity contribution < 1.29 is 8.78 Å². The molecule has 2 aromatic carbocycles. The van der Waals surface area contributed by atoms with Gasteiger partial charge in [-0.3, -0.25) is 4.98 Å². The Hall–Kier alpha value is -3.02. The van der Waals surface area contributed by atoms with Gasteiger partial charge in [0.1, 0.15) is 17.5 Å². The first-order valence-corrected chi connectivity index (χ1v) is 7.61. The van der Waals surface area contributed by atoms with E-state index in [4.69, 9.17) is 0 Å². The van der Waals surface area contributed by atoms with Gasteiger partial charge in [-0.1, -0.05) is 0 Å². The zero-order chi connectivity index (χ0) is 16.5. The normalized spacial score (nSPS) is 11.2. The maximum atomic E-state index is 13.3. The lowest BCUT2D eigenvalue weighted by Crippen LogP contribution is -2.06. The van der Waals surface area contributed by atoms with E-state index in [0.717, 1.165) is 22.4 Å². The van der Waals surface area contributed by atoms with Crippen molar-refractivity contribution in [3.63, 3.8) is 0 Å². The van der Waals surface area contributed by atoms with E-state index in [0.29, 0.717) is 24.0 Å². The second kappa shape index (κ2) is 5.88. The highest BCUT2D eigenvalue weighted by Gasteiger charge is 2.06. The number of fused-ring (bicyclic) bond motifs is 2. The van der Waals surface area contributed by atoms with Crippen molar-refractivity contribution in [3.05, 3.63) is 66.1 Å². The smallest absolute Gasteiger partial charge is 0.125 e. The lowest BCUT2D eigenvalue weighted by atomic mass is 10.2. The highest BCUT2D eigenvalue weighted by Crippen LogP contribution is 2.22. The fourth-order valence-corrected chi connectivity index (χ4v) is 2.74. The molecular formula is C18H14F2N4. The third-order valence-electron chi connectivity index (χ3n) is 3.87. The maximum Gasteiger partial charge on any atom is 0.125 e. The standard InChI is InChI=1S/C18H14F2N4/c19-11-1-3-13-14(5-7-22-16(13)9-11)21-8-6-18-23-15-4-2-12(20)10-17(15)24-18/h1-5,7,9-10H,6,8H2,(H,21,22)(H,23,24). The van der Waals surface area contributed by atoms with Crippen LogP contribution in [0.5, 0.6) is 0 Å². The van der Waals surface area contributed by atoms with Gasteiger partial charge < -0.3 is 10.3 Å². The third kappa shape index (κ3) is 2.78. The van der Waals surface area contributed by atoms with Gasteiger partial charge in [-0.2, -0.15) is 0 Å². The molecule has 0 saturated carbocycles. The van der Waals surface area contributed by atoms with Gasteiger partial charge in [0.25, 0.3) is 0 Å². The molecular weight excluding hydrogens is 310 g/mol. The Bertz CT molecular complexity index is 1030. The number of hydrogen-bond donors (Lipinski definition) is 2. The van der Waals surface area contributed by atoms with Gasteiger partial charge in [0.2, 0.25) is 0 Å². The van der Waals surface area contributed by atoms with Crippen molar-refractivity contribution in [2.45, 2.75) is 6.42 Å². The van der Waals surface area contributed by atoms with Crippen LogP contribution in [0.15, 0.2) is 48.7 Å². The van der Waals surface area contributed by atoms with Gasteiger partial charge in [-0.15, -0.1) is 0 Å². The quantitative estimate of drug-likeness (QED) is 0.595. The Kier molecular flexibility index (Phi) is 3.57. The third-order valence-corrected chi connectivity index (χ3v) is 3.87. The van der Waals surface area contributed by atoms with E-state index in [1.165, 1.54) is 24.3 Å². The maximum absolute atomic E-state index is 13.3. The fourth-order valence-electron chi connectivity index (χ4n) is 2.74. The van der Waals surface area contributed by atoms with Gasteiger partial charge in [-0.25, -0.2) is 13.8 Å². The van der Waals surface area contributed by atoms with Crippen molar-refractivity contribution in [2.75, 3.05) is 11.9 Å². The minimum atomic E-state index is -0.304. The summed E-state index contributed by atoms with van der Waals surface area (Å²) in [6.45, 7) is 0.638. The molecule has 0 radical (unpaired) electrons. The van der Waals surface area contributed by atoms with E-state index in [2.05, 4.69) is 20.3 Å². The number of H-pyrrole nitrogens is 1. The number of aromatic amines is 1. The molecule has 4 aromatic rings. The zero-order valence-corrected chi connectivity index (χ0v) is 12.7. The van der Waals surface area contributed by atoms with Gasteiger partial charge in [0.05, 0.1) is 16.6 Å². The molecule has 2 aromatic heterocycles. The van der Waals surface area contributed by atoms with E-state index in [1.807, 2.05) is 6.07 Å². The first-order valence-electron chi connectivity index (χ1n) is 7.61. The van der Waals surface area contributed by atoms with Crippen molar-refractivity contribution in [3.8, 4) is 0 Å². The molecule has 0 amide bonds. The summed E-state index contributed by atoms with van der Waals surface area (Å²) in [5.41, 5.74) is 2.94. The monoisotopic (exact) mass is 324 g/mol. The minimum absolute atomic E-state index is 0.286. The molecule has 0 saturated heterocycles. The molecule has 4 nitrogen and oxygen atoms in total. The number of anilines is 1. The van der Waals surface area contributed by atoms with Crippen LogP contribution >= 0.6 is 0 Å². The van der Waals surface area contributed by atoms with E-state index in [9.17, 15) is 8.78 Å². The highest BCUT2D eigenvalue weighted by molar-refractivity contribution is 5.90. The molecule has 0 aliphatic rings. The molecule has 0 fully saturated rings. The summed E-state index contributed by atoms with van der Waals surface area (Å²) in [7, 11) is 0. The summed E-state index contributed by atoms with van der Waals surface area (Å²) in [6.07, 6.45) is 2.30. The summed E-state index contributed by atoms with van der Waals surface area (Å²) in [5.74, 6) is 0.195. The van der Waals surface area contributed by atoms with Crippen LogP contribution in [0.1, 0.15) is 5.82 Å². The van der Waals surface area contributed by atoms with Gasteiger partial charge in [0.15, 0.2) is 0 Å². The number of halogens is 2. The largest absolute Gasteiger partial charge is 0.384 e. The van der Waals surface area contributed by atoms with Crippen LogP contribution in [0.25, 0.3) is 21.9 Å². The van der Waals surface area contributed by atoms with E-state index in [-0.39, 0.29) is 11.6 Å². The summed E-state index contributed by atoms with van der Waals surface area (Å²) < 4.78 is 26.5. The average Bonchev–Trinajstić information content (AvgIpc) is 2.96. The summed E-state index contributed by atoms with van der Waals surface area (Å²) >= 11 is 0. The summed E-state index contributed by atoms with van der Waals surface area (Å²) in [5, 5.41) is 4.18. The van der Waals surface area contributed by atoms with Gasteiger partial charge >= 0.3 is 0 Å². The zero-order valence-electron chi connectivity index (χ0n) is 12.7. The molecule has 2 heterocycles. The number of nitrogens with zero attached hydrogens (tertiary/aromatic N) is 2. The number of hydrogen-bond acceptors (Lipinski definition) is 3. The molecule has 120 valence electrons. The molecule has 0 aliphatic heterocycles. The fraction of sp³-hybridized carbons (Fsp3) is 0.111. The molecule has 0 unspecified atom stereocenters. The van der Waals surface area contributed by atoms with Crippen LogP contribution in [-0.4, -0.2) is 21.5 Å². The lowest BCUT2D eigenvalue weighted by Gasteiger charge is -2.08. The molecule has 2 N–H and O–H groups in total. The first kappa shape index (κ1) is 14.6. The minimum Gasteiger partial charge on any atom is -0.384 e. The second-order valence-electron chi connectivity index (χ2n) is 5.54. The first-order chi connectivity index (χ1) is 11.7.